The number of halogens is 1. The third-order valence-electron chi connectivity index (χ3n) is 4.30. The van der Waals surface area contributed by atoms with E-state index in [-0.39, 0.29) is 28.5 Å². The molecule has 0 saturated heterocycles. The predicted octanol–water partition coefficient (Wildman–Crippen LogP) is 3.17. The molecule has 0 saturated carbocycles. The van der Waals surface area contributed by atoms with Crippen molar-refractivity contribution >= 4 is 27.6 Å². The van der Waals surface area contributed by atoms with Gasteiger partial charge in [-0.1, -0.05) is 19.9 Å². The number of nitrogens with one attached hydrogen (secondary N) is 1. The van der Waals surface area contributed by atoms with Gasteiger partial charge in [0.1, 0.15) is 17.1 Å². The molecular formula is C20H22FNO7S. The largest absolute Gasteiger partial charge is 0.495 e. The van der Waals surface area contributed by atoms with Crippen LogP contribution in [0.15, 0.2) is 35.2 Å². The zero-order valence-electron chi connectivity index (χ0n) is 16.9. The van der Waals surface area contributed by atoms with Crippen LogP contribution in [-0.4, -0.2) is 39.7 Å². The molecule has 0 atom stereocenters. The van der Waals surface area contributed by atoms with Crippen LogP contribution in [0.5, 0.6) is 5.75 Å². The Morgan fingerprint density at radius 2 is 1.83 bits per heavy atom. The van der Waals surface area contributed by atoms with Crippen molar-refractivity contribution in [3.8, 4) is 5.75 Å². The van der Waals surface area contributed by atoms with Gasteiger partial charge < -0.3 is 14.6 Å². The molecule has 0 unspecified atom stereocenters. The van der Waals surface area contributed by atoms with Gasteiger partial charge in [-0.05, 0) is 41.3 Å². The van der Waals surface area contributed by atoms with E-state index in [4.69, 9.17) is 14.6 Å². The van der Waals surface area contributed by atoms with E-state index in [1.165, 1.54) is 13.2 Å². The molecule has 0 heterocycles. The molecule has 2 rings (SSSR count). The van der Waals surface area contributed by atoms with Gasteiger partial charge in [-0.25, -0.2) is 17.6 Å². The van der Waals surface area contributed by atoms with E-state index in [1.807, 2.05) is 13.8 Å². The summed E-state index contributed by atoms with van der Waals surface area (Å²) in [5.41, 5.74) is 0.181. The van der Waals surface area contributed by atoms with Crippen LogP contribution < -0.4 is 9.46 Å². The number of esters is 1. The van der Waals surface area contributed by atoms with E-state index in [0.717, 1.165) is 25.3 Å². The van der Waals surface area contributed by atoms with Gasteiger partial charge in [0.15, 0.2) is 0 Å². The highest BCUT2D eigenvalue weighted by atomic mass is 32.2. The quantitative estimate of drug-likeness (QED) is 0.606. The van der Waals surface area contributed by atoms with Crippen molar-refractivity contribution in [2.75, 3.05) is 18.9 Å². The number of benzene rings is 2. The highest BCUT2D eigenvalue weighted by Crippen LogP contribution is 2.36. The van der Waals surface area contributed by atoms with E-state index in [9.17, 15) is 22.4 Å². The van der Waals surface area contributed by atoms with Gasteiger partial charge in [-0.2, -0.15) is 0 Å². The monoisotopic (exact) mass is 439 g/mol. The standard InChI is InChI=1S/C20H22FNO7S/c1-11(2)14-6-7-15(18(19(14)28-3)20(25)29-4)22-30(26,27)16-8-5-13(21)9-12(16)10-17(23)24/h5-9,11,22H,10H2,1-4H3,(H,23,24). The fourth-order valence-electron chi connectivity index (χ4n) is 2.97. The van der Waals surface area contributed by atoms with Crippen molar-refractivity contribution in [1.82, 2.24) is 0 Å². The van der Waals surface area contributed by atoms with Crippen LogP contribution in [0.4, 0.5) is 10.1 Å². The van der Waals surface area contributed by atoms with Crippen molar-refractivity contribution in [1.29, 1.82) is 0 Å². The number of anilines is 1. The maximum atomic E-state index is 13.6. The predicted molar refractivity (Wildman–Crippen MR) is 107 cm³/mol. The summed E-state index contributed by atoms with van der Waals surface area (Å²) in [6.07, 6.45) is -0.701. The smallest absolute Gasteiger partial charge is 0.343 e. The first-order valence-corrected chi connectivity index (χ1v) is 10.3. The van der Waals surface area contributed by atoms with E-state index in [2.05, 4.69) is 4.72 Å². The molecule has 0 aliphatic carbocycles. The highest BCUT2D eigenvalue weighted by molar-refractivity contribution is 7.92. The Bertz CT molecular complexity index is 1080. The topological polar surface area (TPSA) is 119 Å². The minimum absolute atomic E-state index is 0.0340. The summed E-state index contributed by atoms with van der Waals surface area (Å²) in [5, 5.41) is 9.02. The van der Waals surface area contributed by atoms with Gasteiger partial charge in [0.2, 0.25) is 0 Å². The van der Waals surface area contributed by atoms with Crippen LogP contribution in [0, 0.1) is 5.82 Å². The molecule has 30 heavy (non-hydrogen) atoms. The van der Waals surface area contributed by atoms with Gasteiger partial charge >= 0.3 is 11.9 Å². The fraction of sp³-hybridized carbons (Fsp3) is 0.300. The molecular weight excluding hydrogens is 417 g/mol. The number of sulfonamides is 1. The molecule has 2 N–H and O–H groups in total. The number of hydrogen-bond acceptors (Lipinski definition) is 6. The Morgan fingerprint density at radius 1 is 1.17 bits per heavy atom. The molecule has 8 nitrogen and oxygen atoms in total. The number of aliphatic carboxylic acids is 1. The normalized spacial score (nSPS) is 11.3. The first-order chi connectivity index (χ1) is 14.0. The van der Waals surface area contributed by atoms with E-state index < -0.39 is 39.1 Å². The zero-order valence-corrected chi connectivity index (χ0v) is 17.7. The molecule has 0 aliphatic heterocycles. The Hall–Kier alpha value is -3.14. The first kappa shape index (κ1) is 23.1. The van der Waals surface area contributed by atoms with Gasteiger partial charge in [0.05, 0.1) is 31.2 Å². The second-order valence-corrected chi connectivity index (χ2v) is 8.34. The summed E-state index contributed by atoms with van der Waals surface area (Å²) < 4.78 is 51.9. The van der Waals surface area contributed by atoms with E-state index in [0.29, 0.717) is 5.56 Å². The summed E-state index contributed by atoms with van der Waals surface area (Å²) in [5.74, 6) is -2.80. The summed E-state index contributed by atoms with van der Waals surface area (Å²) in [6, 6.07) is 5.71. The SMILES string of the molecule is COC(=O)c1c(NS(=O)(=O)c2ccc(F)cc2CC(=O)O)ccc(C(C)C)c1OC. The van der Waals surface area contributed by atoms with Crippen LogP contribution in [-0.2, 0) is 26.0 Å². The van der Waals surface area contributed by atoms with Crippen molar-refractivity contribution in [2.45, 2.75) is 31.1 Å². The molecule has 10 heteroatoms. The number of rotatable bonds is 8. The second kappa shape index (κ2) is 9.12. The van der Waals surface area contributed by atoms with Crippen LogP contribution in [0.1, 0.15) is 41.3 Å². The number of carboxylic acid groups (broad SMARTS) is 1. The third-order valence-corrected chi connectivity index (χ3v) is 5.77. The number of carbonyl (C=O) groups is 2. The summed E-state index contributed by atoms with van der Waals surface area (Å²) in [6.45, 7) is 3.75. The lowest BCUT2D eigenvalue weighted by atomic mass is 9.98. The number of ether oxygens (including phenoxy) is 2. The van der Waals surface area contributed by atoms with Crippen molar-refractivity contribution in [3.63, 3.8) is 0 Å². The van der Waals surface area contributed by atoms with Crippen molar-refractivity contribution in [3.05, 3.63) is 52.8 Å². The van der Waals surface area contributed by atoms with Gasteiger partial charge in [0, 0.05) is 0 Å². The molecule has 0 aromatic heterocycles. The average molecular weight is 439 g/mol. The molecule has 2 aromatic carbocycles. The zero-order chi connectivity index (χ0) is 22.6. The van der Waals surface area contributed by atoms with E-state index >= 15 is 0 Å². The maximum absolute atomic E-state index is 13.6. The summed E-state index contributed by atoms with van der Waals surface area (Å²) >= 11 is 0. The Kier molecular flexibility index (Phi) is 7.04. The highest BCUT2D eigenvalue weighted by Gasteiger charge is 2.27. The van der Waals surface area contributed by atoms with Crippen molar-refractivity contribution in [2.24, 2.45) is 0 Å². The van der Waals surface area contributed by atoms with Gasteiger partial charge in [-0.3, -0.25) is 9.52 Å². The molecule has 0 fully saturated rings. The second-order valence-electron chi connectivity index (χ2n) is 6.68. The molecule has 0 bridgehead atoms. The lowest BCUT2D eigenvalue weighted by Crippen LogP contribution is -2.19. The van der Waals surface area contributed by atoms with Crippen LogP contribution in [0.2, 0.25) is 0 Å². The lowest BCUT2D eigenvalue weighted by Gasteiger charge is -2.19. The molecule has 2 aromatic rings. The molecule has 0 aliphatic rings. The third kappa shape index (κ3) is 4.88. The maximum Gasteiger partial charge on any atom is 0.343 e. The lowest BCUT2D eigenvalue weighted by molar-refractivity contribution is -0.136. The van der Waals surface area contributed by atoms with Gasteiger partial charge in [0.25, 0.3) is 10.0 Å². The molecule has 162 valence electrons. The Balaban J connectivity index is 2.64. The van der Waals surface area contributed by atoms with Crippen LogP contribution >= 0.6 is 0 Å². The summed E-state index contributed by atoms with van der Waals surface area (Å²) in [7, 11) is -1.88. The fourth-order valence-corrected chi connectivity index (χ4v) is 4.27. The first-order valence-electron chi connectivity index (χ1n) is 8.84. The van der Waals surface area contributed by atoms with Crippen LogP contribution in [0.3, 0.4) is 0 Å². The number of methoxy groups -OCH3 is 2. The Morgan fingerprint density at radius 3 is 2.37 bits per heavy atom. The summed E-state index contributed by atoms with van der Waals surface area (Å²) in [4.78, 5) is 23.1. The molecule has 0 radical (unpaired) electrons. The van der Waals surface area contributed by atoms with E-state index in [1.54, 1.807) is 6.07 Å². The molecule has 0 amide bonds. The Labute approximate surface area is 173 Å². The van der Waals surface area contributed by atoms with Crippen molar-refractivity contribution < 1.29 is 37.0 Å². The number of hydrogen-bond donors (Lipinski definition) is 2. The minimum Gasteiger partial charge on any atom is -0.495 e. The van der Waals surface area contributed by atoms with Gasteiger partial charge in [-0.15, -0.1) is 0 Å². The van der Waals surface area contributed by atoms with Crippen LogP contribution in [0.25, 0.3) is 0 Å². The minimum atomic E-state index is -4.37. The number of carboxylic acids is 1. The molecule has 0 spiro atoms. The average Bonchev–Trinajstić information content (AvgIpc) is 2.65. The number of carbonyl (C=O) groups excluding carboxylic acids is 1.